The zero-order valence-corrected chi connectivity index (χ0v) is 18.2. The molecule has 1 aromatic rings. The Kier molecular flexibility index (Phi) is 7.17. The summed E-state index contributed by atoms with van der Waals surface area (Å²) in [5.74, 6) is 0.570. The van der Waals surface area contributed by atoms with Crippen LogP contribution in [0.3, 0.4) is 0 Å². The number of hydrogen-bond donors (Lipinski definition) is 1. The standard InChI is InChI=1S/C25H30N2O5/c28-24(32-18-22-9-5-2-6-10-22)26-13-11-25(29,12-14-26)20-27(23-19-30-15-16-31-23)17-21-7-3-1-4-8-21/h1-3,5-7,9-10,15-16,19,29H,4,8,11-14,17-18,20H2. The zero-order chi connectivity index (χ0) is 22.2. The molecule has 2 aliphatic heterocycles. The summed E-state index contributed by atoms with van der Waals surface area (Å²) < 4.78 is 16.4. The molecule has 7 heteroatoms. The molecule has 4 rings (SSSR count). The molecule has 2 heterocycles. The van der Waals surface area contributed by atoms with Crippen LogP contribution in [0.1, 0.15) is 31.2 Å². The SMILES string of the molecule is O=C(OCc1ccccc1)N1CCC(O)(CN(CC2=CC=CCC2)C2=COC=CO2)CC1. The van der Waals surface area contributed by atoms with Crippen LogP contribution in [0.4, 0.5) is 4.79 Å². The van der Waals surface area contributed by atoms with Gasteiger partial charge in [0, 0.05) is 19.6 Å². The largest absolute Gasteiger partial charge is 0.464 e. The number of carbonyl (C=O) groups excluding carboxylic acids is 1. The zero-order valence-electron chi connectivity index (χ0n) is 18.2. The molecule has 3 aliphatic rings. The Bertz CT molecular complexity index is 898. The second-order valence-corrected chi connectivity index (χ2v) is 8.38. The summed E-state index contributed by atoms with van der Waals surface area (Å²) in [7, 11) is 0. The van der Waals surface area contributed by atoms with Gasteiger partial charge >= 0.3 is 6.09 Å². The van der Waals surface area contributed by atoms with Crippen molar-refractivity contribution in [1.29, 1.82) is 0 Å². The van der Waals surface area contributed by atoms with Crippen molar-refractivity contribution in [1.82, 2.24) is 9.80 Å². The van der Waals surface area contributed by atoms with Crippen molar-refractivity contribution >= 4 is 6.09 Å². The molecule has 7 nitrogen and oxygen atoms in total. The number of aliphatic hydroxyl groups is 1. The van der Waals surface area contributed by atoms with Gasteiger partial charge in [0.1, 0.15) is 19.1 Å². The van der Waals surface area contributed by atoms with E-state index in [0.717, 1.165) is 18.4 Å². The number of piperidine rings is 1. The second-order valence-electron chi connectivity index (χ2n) is 8.38. The Morgan fingerprint density at radius 2 is 2.00 bits per heavy atom. The highest BCUT2D eigenvalue weighted by atomic mass is 16.6. The fourth-order valence-electron chi connectivity index (χ4n) is 4.07. The van der Waals surface area contributed by atoms with E-state index in [9.17, 15) is 9.90 Å². The number of allylic oxidation sites excluding steroid dienone is 3. The maximum atomic E-state index is 12.5. The van der Waals surface area contributed by atoms with Crippen LogP contribution in [-0.2, 0) is 20.8 Å². The lowest BCUT2D eigenvalue weighted by molar-refractivity contribution is -0.0458. The van der Waals surface area contributed by atoms with Gasteiger partial charge in [-0.2, -0.15) is 0 Å². The lowest BCUT2D eigenvalue weighted by atomic mass is 9.90. The first-order valence-electron chi connectivity index (χ1n) is 11.1. The smallest absolute Gasteiger partial charge is 0.410 e. The van der Waals surface area contributed by atoms with Crippen LogP contribution in [0.2, 0.25) is 0 Å². The van der Waals surface area contributed by atoms with Gasteiger partial charge in [0.2, 0.25) is 5.88 Å². The van der Waals surface area contributed by atoms with Crippen molar-refractivity contribution in [2.45, 2.75) is 37.9 Å². The normalized spacial score (nSPS) is 19.3. The molecule has 1 aliphatic carbocycles. The Labute approximate surface area is 188 Å². The Morgan fingerprint density at radius 1 is 1.19 bits per heavy atom. The van der Waals surface area contributed by atoms with Crippen molar-refractivity contribution in [3.8, 4) is 0 Å². The minimum Gasteiger partial charge on any atom is -0.464 e. The molecule has 32 heavy (non-hydrogen) atoms. The number of rotatable bonds is 7. The Balaban J connectivity index is 1.33. The van der Waals surface area contributed by atoms with E-state index in [4.69, 9.17) is 14.2 Å². The summed E-state index contributed by atoms with van der Waals surface area (Å²) in [6, 6.07) is 9.62. The molecule has 1 N–H and O–H groups in total. The summed E-state index contributed by atoms with van der Waals surface area (Å²) in [5.41, 5.74) is 1.29. The lowest BCUT2D eigenvalue weighted by Gasteiger charge is -2.41. The maximum absolute atomic E-state index is 12.5. The monoisotopic (exact) mass is 438 g/mol. The number of carbonyl (C=O) groups is 1. The third-order valence-electron chi connectivity index (χ3n) is 5.94. The molecule has 170 valence electrons. The van der Waals surface area contributed by atoms with Gasteiger partial charge in [-0.05, 0) is 31.2 Å². The van der Waals surface area contributed by atoms with Crippen LogP contribution in [0.15, 0.2) is 78.8 Å². The average molecular weight is 439 g/mol. The number of hydrogen-bond acceptors (Lipinski definition) is 6. The summed E-state index contributed by atoms with van der Waals surface area (Å²) in [5, 5.41) is 11.3. The highest BCUT2D eigenvalue weighted by Gasteiger charge is 2.37. The Hall–Kier alpha value is -3.19. The van der Waals surface area contributed by atoms with Gasteiger partial charge in [0.25, 0.3) is 0 Å². The van der Waals surface area contributed by atoms with E-state index in [-0.39, 0.29) is 12.7 Å². The molecular formula is C25H30N2O5. The molecule has 1 aromatic carbocycles. The van der Waals surface area contributed by atoms with E-state index in [1.165, 1.54) is 18.1 Å². The third-order valence-corrected chi connectivity index (χ3v) is 5.94. The van der Waals surface area contributed by atoms with Gasteiger partial charge in [-0.15, -0.1) is 0 Å². The summed E-state index contributed by atoms with van der Waals surface area (Å²) in [4.78, 5) is 16.1. The lowest BCUT2D eigenvalue weighted by Crippen LogP contribution is -2.52. The number of likely N-dealkylation sites (tertiary alicyclic amines) is 1. The molecule has 0 unspecified atom stereocenters. The van der Waals surface area contributed by atoms with E-state index in [1.54, 1.807) is 11.2 Å². The predicted octanol–water partition coefficient (Wildman–Crippen LogP) is 4.05. The van der Waals surface area contributed by atoms with Gasteiger partial charge in [-0.3, -0.25) is 0 Å². The van der Waals surface area contributed by atoms with Crippen molar-refractivity contribution in [3.63, 3.8) is 0 Å². The van der Waals surface area contributed by atoms with Crippen LogP contribution in [-0.4, -0.2) is 52.8 Å². The summed E-state index contributed by atoms with van der Waals surface area (Å²) >= 11 is 0. The van der Waals surface area contributed by atoms with E-state index in [2.05, 4.69) is 18.2 Å². The summed E-state index contributed by atoms with van der Waals surface area (Å²) in [6.45, 7) is 2.18. The molecule has 0 aromatic heterocycles. The van der Waals surface area contributed by atoms with Crippen LogP contribution in [0.25, 0.3) is 0 Å². The molecule has 0 saturated carbocycles. The molecule has 1 saturated heterocycles. The molecule has 1 fully saturated rings. The van der Waals surface area contributed by atoms with Crippen molar-refractivity contribution in [3.05, 3.63) is 84.4 Å². The van der Waals surface area contributed by atoms with E-state index < -0.39 is 5.60 Å². The molecular weight excluding hydrogens is 408 g/mol. The van der Waals surface area contributed by atoms with Gasteiger partial charge in [-0.1, -0.05) is 54.1 Å². The summed E-state index contributed by atoms with van der Waals surface area (Å²) in [6.07, 6.45) is 13.4. The number of ether oxygens (including phenoxy) is 3. The molecule has 0 spiro atoms. The minimum atomic E-state index is -0.938. The third kappa shape index (κ3) is 5.95. The second kappa shape index (κ2) is 10.4. The topological polar surface area (TPSA) is 71.5 Å². The number of nitrogens with zero attached hydrogens (tertiary/aromatic N) is 2. The quantitative estimate of drug-likeness (QED) is 0.693. The van der Waals surface area contributed by atoms with Crippen LogP contribution in [0, 0.1) is 0 Å². The Morgan fingerprint density at radius 3 is 2.69 bits per heavy atom. The number of amides is 1. The van der Waals surface area contributed by atoms with Crippen LogP contribution < -0.4 is 0 Å². The average Bonchev–Trinajstić information content (AvgIpc) is 2.84. The molecule has 0 atom stereocenters. The first-order chi connectivity index (χ1) is 15.6. The van der Waals surface area contributed by atoms with Gasteiger partial charge in [-0.25, -0.2) is 4.79 Å². The van der Waals surface area contributed by atoms with E-state index in [1.807, 2.05) is 35.2 Å². The fourth-order valence-corrected chi connectivity index (χ4v) is 4.07. The van der Waals surface area contributed by atoms with Gasteiger partial charge < -0.3 is 29.1 Å². The molecule has 0 bridgehead atoms. The minimum absolute atomic E-state index is 0.247. The van der Waals surface area contributed by atoms with Crippen LogP contribution >= 0.6 is 0 Å². The first kappa shape index (κ1) is 22.0. The fraction of sp³-hybridized carbons (Fsp3) is 0.400. The van der Waals surface area contributed by atoms with Crippen molar-refractivity contribution in [2.24, 2.45) is 0 Å². The first-order valence-corrected chi connectivity index (χ1v) is 11.1. The highest BCUT2D eigenvalue weighted by molar-refractivity contribution is 5.67. The predicted molar refractivity (Wildman–Crippen MR) is 120 cm³/mol. The number of benzene rings is 1. The van der Waals surface area contributed by atoms with Crippen molar-refractivity contribution in [2.75, 3.05) is 26.2 Å². The maximum Gasteiger partial charge on any atom is 0.410 e. The van der Waals surface area contributed by atoms with Crippen molar-refractivity contribution < 1.29 is 24.1 Å². The molecule has 1 amide bonds. The van der Waals surface area contributed by atoms with E-state index in [0.29, 0.717) is 44.9 Å². The van der Waals surface area contributed by atoms with E-state index >= 15 is 0 Å². The molecule has 0 radical (unpaired) electrons. The van der Waals surface area contributed by atoms with Gasteiger partial charge in [0.05, 0.1) is 12.1 Å². The van der Waals surface area contributed by atoms with Crippen LogP contribution in [0.5, 0.6) is 0 Å². The van der Waals surface area contributed by atoms with Gasteiger partial charge in [0.15, 0.2) is 6.26 Å². The highest BCUT2D eigenvalue weighted by Crippen LogP contribution is 2.28.